The van der Waals surface area contributed by atoms with Crippen molar-refractivity contribution in [2.24, 2.45) is 0 Å². The van der Waals surface area contributed by atoms with Gasteiger partial charge in [-0.2, -0.15) is 0 Å². The van der Waals surface area contributed by atoms with Crippen molar-refractivity contribution in [1.29, 1.82) is 0 Å². The summed E-state index contributed by atoms with van der Waals surface area (Å²) in [7, 11) is -3.35. The van der Waals surface area contributed by atoms with Gasteiger partial charge in [-0.1, -0.05) is 48.0 Å². The Morgan fingerprint density at radius 3 is 2.27 bits per heavy atom. The molecule has 0 radical (unpaired) electrons. The van der Waals surface area contributed by atoms with Crippen molar-refractivity contribution in [2.75, 3.05) is 13.1 Å². The second-order valence-electron chi connectivity index (χ2n) is 6.24. The van der Waals surface area contributed by atoms with E-state index < -0.39 is 15.1 Å². The molecule has 0 saturated carbocycles. The Labute approximate surface area is 159 Å². The van der Waals surface area contributed by atoms with E-state index in [1.165, 1.54) is 6.08 Å². The molecule has 2 aromatic carbocycles. The second-order valence-corrected chi connectivity index (χ2v) is 8.87. The molecule has 4 nitrogen and oxygen atoms in total. The fourth-order valence-electron chi connectivity index (χ4n) is 3.07. The molecule has 1 fully saturated rings. The molecule has 0 aromatic heterocycles. The summed E-state index contributed by atoms with van der Waals surface area (Å²) in [5.41, 5.74) is 0.782. The third kappa shape index (κ3) is 4.17. The van der Waals surface area contributed by atoms with Crippen molar-refractivity contribution in [3.63, 3.8) is 0 Å². The van der Waals surface area contributed by atoms with Crippen LogP contribution in [0.15, 0.2) is 65.6 Å². The van der Waals surface area contributed by atoms with Crippen LogP contribution in [0, 0.1) is 0 Å². The van der Waals surface area contributed by atoms with E-state index in [9.17, 15) is 13.2 Å². The molecule has 1 aliphatic rings. The van der Waals surface area contributed by atoms with Crippen LogP contribution in [0.2, 0.25) is 5.02 Å². The highest BCUT2D eigenvalue weighted by Crippen LogP contribution is 2.25. The Morgan fingerprint density at radius 2 is 1.62 bits per heavy atom. The lowest BCUT2D eigenvalue weighted by atomic mass is 10.1. The van der Waals surface area contributed by atoms with Crippen molar-refractivity contribution in [3.8, 4) is 0 Å². The van der Waals surface area contributed by atoms with E-state index in [1.54, 1.807) is 47.4 Å². The van der Waals surface area contributed by atoms with Gasteiger partial charge >= 0.3 is 0 Å². The van der Waals surface area contributed by atoms with E-state index >= 15 is 0 Å². The number of amides is 1. The minimum atomic E-state index is -3.35. The average Bonchev–Trinajstić information content (AvgIpc) is 2.68. The summed E-state index contributed by atoms with van der Waals surface area (Å²) in [5.74, 6) is -0.125. The largest absolute Gasteiger partial charge is 0.339 e. The molecule has 1 saturated heterocycles. The predicted molar refractivity (Wildman–Crippen MR) is 104 cm³/mol. The number of piperidine rings is 1. The van der Waals surface area contributed by atoms with Crippen LogP contribution in [-0.4, -0.2) is 37.6 Å². The van der Waals surface area contributed by atoms with E-state index in [1.807, 2.05) is 18.2 Å². The van der Waals surface area contributed by atoms with Gasteiger partial charge in [-0.3, -0.25) is 4.79 Å². The lowest BCUT2D eigenvalue weighted by molar-refractivity contribution is -0.126. The molecule has 1 amide bonds. The van der Waals surface area contributed by atoms with Crippen molar-refractivity contribution in [1.82, 2.24) is 4.90 Å². The van der Waals surface area contributed by atoms with Crippen LogP contribution in [0.25, 0.3) is 6.08 Å². The van der Waals surface area contributed by atoms with Crippen LogP contribution >= 0.6 is 11.6 Å². The molecule has 1 aliphatic heterocycles. The Kier molecular flexibility index (Phi) is 5.79. The zero-order valence-electron chi connectivity index (χ0n) is 14.2. The number of nitrogens with zero attached hydrogens (tertiary/aromatic N) is 1. The van der Waals surface area contributed by atoms with Gasteiger partial charge in [0.2, 0.25) is 5.91 Å². The predicted octanol–water partition coefficient (Wildman–Crippen LogP) is 3.82. The zero-order valence-corrected chi connectivity index (χ0v) is 15.8. The molecule has 0 unspecified atom stereocenters. The fourth-order valence-corrected chi connectivity index (χ4v) is 5.02. The maximum absolute atomic E-state index is 12.7. The summed E-state index contributed by atoms with van der Waals surface area (Å²) >= 11 is 6.08. The SMILES string of the molecule is O=C(/C=C/c1ccccc1Cl)N1CCC(S(=O)(=O)c2ccccc2)CC1. The number of sulfone groups is 1. The highest BCUT2D eigenvalue weighted by atomic mass is 35.5. The van der Waals surface area contributed by atoms with Crippen LogP contribution in [-0.2, 0) is 14.6 Å². The summed E-state index contributed by atoms with van der Waals surface area (Å²) in [6.07, 6.45) is 4.08. The van der Waals surface area contributed by atoms with Crippen molar-refractivity contribution < 1.29 is 13.2 Å². The topological polar surface area (TPSA) is 54.5 Å². The fraction of sp³-hybridized carbons (Fsp3) is 0.250. The number of carbonyl (C=O) groups is 1. The van der Waals surface area contributed by atoms with Crippen LogP contribution < -0.4 is 0 Å². The first-order valence-electron chi connectivity index (χ1n) is 8.49. The van der Waals surface area contributed by atoms with Gasteiger partial charge in [-0.05, 0) is 42.7 Å². The number of hydrogen-bond acceptors (Lipinski definition) is 3. The maximum Gasteiger partial charge on any atom is 0.246 e. The van der Waals surface area contributed by atoms with E-state index in [-0.39, 0.29) is 5.91 Å². The zero-order chi connectivity index (χ0) is 18.6. The molecule has 3 rings (SSSR count). The average molecular weight is 390 g/mol. The molecule has 1 heterocycles. The molecule has 136 valence electrons. The first-order chi connectivity index (χ1) is 12.5. The number of carbonyl (C=O) groups excluding carboxylic acids is 1. The molecule has 26 heavy (non-hydrogen) atoms. The Bertz CT molecular complexity index is 902. The van der Waals surface area contributed by atoms with Crippen LogP contribution in [0.1, 0.15) is 18.4 Å². The van der Waals surface area contributed by atoms with Gasteiger partial charge in [0.25, 0.3) is 0 Å². The summed E-state index contributed by atoms with van der Waals surface area (Å²) < 4.78 is 25.4. The van der Waals surface area contributed by atoms with E-state index in [0.29, 0.717) is 35.8 Å². The van der Waals surface area contributed by atoms with Gasteiger partial charge in [-0.25, -0.2) is 8.42 Å². The minimum Gasteiger partial charge on any atom is -0.339 e. The van der Waals surface area contributed by atoms with E-state index in [4.69, 9.17) is 11.6 Å². The standard InChI is InChI=1S/C20H20ClNO3S/c21-19-9-5-4-6-16(19)10-11-20(23)22-14-12-18(13-15-22)26(24,25)17-7-2-1-3-8-17/h1-11,18H,12-15H2/b11-10+. The highest BCUT2D eigenvalue weighted by Gasteiger charge is 2.32. The summed E-state index contributed by atoms with van der Waals surface area (Å²) in [6.45, 7) is 0.866. The number of likely N-dealkylation sites (tertiary alicyclic amines) is 1. The molecular weight excluding hydrogens is 370 g/mol. The molecule has 0 aliphatic carbocycles. The van der Waals surface area contributed by atoms with Gasteiger partial charge < -0.3 is 4.90 Å². The molecule has 2 aromatic rings. The lowest BCUT2D eigenvalue weighted by Gasteiger charge is -2.31. The number of rotatable bonds is 4. The monoisotopic (exact) mass is 389 g/mol. The third-order valence-corrected chi connectivity index (χ3v) is 7.20. The van der Waals surface area contributed by atoms with Crippen LogP contribution in [0.5, 0.6) is 0 Å². The van der Waals surface area contributed by atoms with E-state index in [0.717, 1.165) is 5.56 Å². The third-order valence-electron chi connectivity index (χ3n) is 4.57. The van der Waals surface area contributed by atoms with Gasteiger partial charge in [-0.15, -0.1) is 0 Å². The number of hydrogen-bond donors (Lipinski definition) is 0. The number of halogens is 1. The van der Waals surface area contributed by atoms with Gasteiger partial charge in [0.15, 0.2) is 9.84 Å². The molecule has 0 N–H and O–H groups in total. The second kappa shape index (κ2) is 8.06. The van der Waals surface area contributed by atoms with Gasteiger partial charge in [0.1, 0.15) is 0 Å². The summed E-state index contributed by atoms with van der Waals surface area (Å²) in [4.78, 5) is 14.4. The van der Waals surface area contributed by atoms with Crippen LogP contribution in [0.4, 0.5) is 0 Å². The molecule has 6 heteroatoms. The van der Waals surface area contributed by atoms with Crippen molar-refractivity contribution in [3.05, 3.63) is 71.3 Å². The molecule has 0 bridgehead atoms. The maximum atomic E-state index is 12.7. The van der Waals surface area contributed by atoms with Gasteiger partial charge in [0.05, 0.1) is 10.1 Å². The van der Waals surface area contributed by atoms with Crippen molar-refractivity contribution >= 4 is 33.4 Å². The first-order valence-corrected chi connectivity index (χ1v) is 10.4. The Morgan fingerprint density at radius 1 is 1.00 bits per heavy atom. The Balaban J connectivity index is 1.62. The first kappa shape index (κ1) is 18.7. The van der Waals surface area contributed by atoms with Crippen LogP contribution in [0.3, 0.4) is 0 Å². The van der Waals surface area contributed by atoms with E-state index in [2.05, 4.69) is 0 Å². The number of benzene rings is 2. The Hall–Kier alpha value is -2.11. The quantitative estimate of drug-likeness (QED) is 0.747. The minimum absolute atomic E-state index is 0.125. The lowest BCUT2D eigenvalue weighted by Crippen LogP contribution is -2.41. The summed E-state index contributed by atoms with van der Waals surface area (Å²) in [5, 5.41) is 0.144. The molecule has 0 atom stereocenters. The molecule has 0 spiro atoms. The summed E-state index contributed by atoms with van der Waals surface area (Å²) in [6, 6.07) is 15.8. The van der Waals surface area contributed by atoms with Gasteiger partial charge in [0, 0.05) is 24.2 Å². The molecular formula is C20H20ClNO3S. The highest BCUT2D eigenvalue weighted by molar-refractivity contribution is 7.92. The van der Waals surface area contributed by atoms with Crippen molar-refractivity contribution in [2.45, 2.75) is 23.0 Å². The normalized spacial score (nSPS) is 16.1. The smallest absolute Gasteiger partial charge is 0.246 e.